The number of hydrogen-bond donors (Lipinski definition) is 1. The molecule has 2 aromatic carbocycles. The molecule has 1 heterocycles. The smallest absolute Gasteiger partial charge is 0.189 e. The molecule has 0 radical (unpaired) electrons. The van der Waals surface area contributed by atoms with Crippen LogP contribution in [0.15, 0.2) is 53.2 Å². The molecule has 1 N–H and O–H groups in total. The number of hydrogen-bond acceptors (Lipinski definition) is 3. The molecule has 3 aromatic rings. The quantitative estimate of drug-likeness (QED) is 0.564. The number of aromatic hydroxyl groups is 1. The van der Waals surface area contributed by atoms with E-state index in [4.69, 9.17) is 4.42 Å². The normalized spacial score (nSPS) is 11.4. The molecule has 0 aliphatic heterocycles. The Bertz CT molecular complexity index is 871. The summed E-state index contributed by atoms with van der Waals surface area (Å²) in [6.45, 7) is 3.66. The molecule has 3 rings (SSSR count). The van der Waals surface area contributed by atoms with Gasteiger partial charge in [-0.1, -0.05) is 36.4 Å². The standard InChI is InChI=1S/C19H16O3/c1-12-11-22-19-13(2)18(21)16(10-15(12)19)17(20)9-8-14-6-4-3-5-7-14/h3-11,21H,1-2H3/b9-8+. The van der Waals surface area contributed by atoms with Crippen molar-refractivity contribution < 1.29 is 14.3 Å². The molecular weight excluding hydrogens is 276 g/mol. The number of benzene rings is 2. The fraction of sp³-hybridized carbons (Fsp3) is 0.105. The first-order valence-electron chi connectivity index (χ1n) is 7.05. The summed E-state index contributed by atoms with van der Waals surface area (Å²) in [6.07, 6.45) is 4.85. The third-order valence-electron chi connectivity index (χ3n) is 3.75. The summed E-state index contributed by atoms with van der Waals surface area (Å²) in [6, 6.07) is 11.3. The Balaban J connectivity index is 2.02. The third kappa shape index (κ3) is 2.42. The van der Waals surface area contributed by atoms with Gasteiger partial charge in [0, 0.05) is 10.9 Å². The lowest BCUT2D eigenvalue weighted by Gasteiger charge is -2.05. The number of allylic oxidation sites excluding steroid dienone is 1. The van der Waals surface area contributed by atoms with Crippen LogP contribution in [0.5, 0.6) is 5.75 Å². The highest BCUT2D eigenvalue weighted by Gasteiger charge is 2.17. The van der Waals surface area contributed by atoms with Gasteiger partial charge < -0.3 is 9.52 Å². The molecule has 3 nitrogen and oxygen atoms in total. The lowest BCUT2D eigenvalue weighted by molar-refractivity contribution is 0.104. The highest BCUT2D eigenvalue weighted by Crippen LogP contribution is 2.33. The van der Waals surface area contributed by atoms with Crippen molar-refractivity contribution in [2.75, 3.05) is 0 Å². The molecule has 0 aliphatic carbocycles. The summed E-state index contributed by atoms with van der Waals surface area (Å²) in [5.41, 5.74) is 3.38. The van der Waals surface area contributed by atoms with Gasteiger partial charge in [-0.3, -0.25) is 4.79 Å². The molecule has 0 amide bonds. The molecule has 0 unspecified atom stereocenters. The van der Waals surface area contributed by atoms with Crippen LogP contribution in [-0.4, -0.2) is 10.9 Å². The summed E-state index contributed by atoms with van der Waals surface area (Å²) in [7, 11) is 0. The lowest BCUT2D eigenvalue weighted by atomic mass is 10.0. The van der Waals surface area contributed by atoms with Crippen molar-refractivity contribution in [3.8, 4) is 5.75 Å². The lowest BCUT2D eigenvalue weighted by Crippen LogP contribution is -1.97. The average molecular weight is 292 g/mol. The van der Waals surface area contributed by atoms with Crippen LogP contribution in [0.25, 0.3) is 17.0 Å². The van der Waals surface area contributed by atoms with Gasteiger partial charge in [0.15, 0.2) is 5.78 Å². The Kier molecular flexibility index (Phi) is 3.55. The van der Waals surface area contributed by atoms with Crippen molar-refractivity contribution in [2.24, 2.45) is 0 Å². The van der Waals surface area contributed by atoms with Gasteiger partial charge in [0.2, 0.25) is 0 Å². The highest BCUT2D eigenvalue weighted by molar-refractivity contribution is 6.11. The molecule has 0 bridgehead atoms. The van der Waals surface area contributed by atoms with E-state index in [9.17, 15) is 9.90 Å². The van der Waals surface area contributed by atoms with E-state index < -0.39 is 0 Å². The number of aryl methyl sites for hydroxylation is 2. The number of furan rings is 1. The maximum Gasteiger partial charge on any atom is 0.189 e. The Hall–Kier alpha value is -2.81. The predicted octanol–water partition coefficient (Wildman–Crippen LogP) is 4.65. The van der Waals surface area contributed by atoms with Crippen LogP contribution < -0.4 is 0 Å². The molecule has 22 heavy (non-hydrogen) atoms. The fourth-order valence-corrected chi connectivity index (χ4v) is 2.46. The highest BCUT2D eigenvalue weighted by atomic mass is 16.3. The minimum absolute atomic E-state index is 0.0236. The van der Waals surface area contributed by atoms with Crippen molar-refractivity contribution in [1.82, 2.24) is 0 Å². The van der Waals surface area contributed by atoms with Gasteiger partial charge in [-0.15, -0.1) is 0 Å². The Morgan fingerprint density at radius 2 is 1.91 bits per heavy atom. The van der Waals surface area contributed by atoms with Gasteiger partial charge in [-0.05, 0) is 37.1 Å². The SMILES string of the molecule is Cc1coc2c(C)c(O)c(C(=O)/C=C/c3ccccc3)cc12. The summed E-state index contributed by atoms with van der Waals surface area (Å²) in [5, 5.41) is 11.1. The van der Waals surface area contributed by atoms with Crippen molar-refractivity contribution in [3.63, 3.8) is 0 Å². The first-order valence-corrected chi connectivity index (χ1v) is 7.05. The summed E-state index contributed by atoms with van der Waals surface area (Å²) < 4.78 is 5.44. The molecular formula is C19H16O3. The second-order valence-electron chi connectivity index (χ2n) is 5.30. The first kappa shape index (κ1) is 14.1. The number of rotatable bonds is 3. The third-order valence-corrected chi connectivity index (χ3v) is 3.75. The molecule has 0 fully saturated rings. The van der Waals surface area contributed by atoms with Crippen molar-refractivity contribution in [2.45, 2.75) is 13.8 Å². The Labute approximate surface area is 128 Å². The van der Waals surface area contributed by atoms with Crippen LogP contribution in [0.1, 0.15) is 27.0 Å². The minimum atomic E-state index is -0.230. The second kappa shape index (κ2) is 5.53. The van der Waals surface area contributed by atoms with E-state index in [0.29, 0.717) is 16.7 Å². The monoisotopic (exact) mass is 292 g/mol. The zero-order chi connectivity index (χ0) is 15.7. The van der Waals surface area contributed by atoms with Crippen LogP contribution in [0, 0.1) is 13.8 Å². The van der Waals surface area contributed by atoms with E-state index in [2.05, 4.69) is 0 Å². The van der Waals surface area contributed by atoms with E-state index in [1.54, 1.807) is 25.3 Å². The second-order valence-corrected chi connectivity index (χ2v) is 5.30. The van der Waals surface area contributed by atoms with Gasteiger partial charge in [-0.25, -0.2) is 0 Å². The molecule has 0 saturated carbocycles. The Morgan fingerprint density at radius 3 is 2.64 bits per heavy atom. The molecule has 0 aliphatic rings. The predicted molar refractivity (Wildman–Crippen MR) is 87.2 cm³/mol. The van der Waals surface area contributed by atoms with Gasteiger partial charge in [-0.2, -0.15) is 0 Å². The number of phenols is 1. The van der Waals surface area contributed by atoms with E-state index in [-0.39, 0.29) is 11.5 Å². The largest absolute Gasteiger partial charge is 0.507 e. The number of fused-ring (bicyclic) bond motifs is 1. The van der Waals surface area contributed by atoms with Gasteiger partial charge in [0.05, 0.1) is 11.8 Å². The van der Waals surface area contributed by atoms with Crippen LogP contribution >= 0.6 is 0 Å². The van der Waals surface area contributed by atoms with Crippen LogP contribution in [0.4, 0.5) is 0 Å². The van der Waals surface area contributed by atoms with Crippen LogP contribution in [0.2, 0.25) is 0 Å². The van der Waals surface area contributed by atoms with Crippen LogP contribution in [0.3, 0.4) is 0 Å². The topological polar surface area (TPSA) is 50.4 Å². The van der Waals surface area contributed by atoms with Crippen molar-refractivity contribution >= 4 is 22.8 Å². The van der Waals surface area contributed by atoms with Gasteiger partial charge >= 0.3 is 0 Å². The summed E-state index contributed by atoms with van der Waals surface area (Å²) in [5.74, 6) is -0.253. The fourth-order valence-electron chi connectivity index (χ4n) is 2.46. The van der Waals surface area contributed by atoms with Crippen LogP contribution in [-0.2, 0) is 0 Å². The molecule has 0 spiro atoms. The number of ketones is 1. The maximum atomic E-state index is 12.4. The molecule has 3 heteroatoms. The van der Waals surface area contributed by atoms with E-state index >= 15 is 0 Å². The molecule has 1 aromatic heterocycles. The average Bonchev–Trinajstić information content (AvgIpc) is 2.91. The van der Waals surface area contributed by atoms with E-state index in [1.165, 1.54) is 6.08 Å². The first-order chi connectivity index (χ1) is 10.6. The van der Waals surface area contributed by atoms with Crippen molar-refractivity contribution in [1.29, 1.82) is 0 Å². The maximum absolute atomic E-state index is 12.4. The van der Waals surface area contributed by atoms with E-state index in [1.807, 2.05) is 37.3 Å². The van der Waals surface area contributed by atoms with Gasteiger partial charge in [0.25, 0.3) is 0 Å². The zero-order valence-electron chi connectivity index (χ0n) is 12.5. The van der Waals surface area contributed by atoms with Crippen molar-refractivity contribution in [3.05, 3.63) is 71.0 Å². The summed E-state index contributed by atoms with van der Waals surface area (Å²) in [4.78, 5) is 12.4. The minimum Gasteiger partial charge on any atom is -0.507 e. The molecule has 0 atom stereocenters. The number of phenolic OH excluding ortho intramolecular Hbond substituents is 1. The summed E-state index contributed by atoms with van der Waals surface area (Å²) >= 11 is 0. The molecule has 110 valence electrons. The molecule has 0 saturated heterocycles. The van der Waals surface area contributed by atoms with Gasteiger partial charge in [0.1, 0.15) is 11.3 Å². The number of carbonyl (C=O) groups is 1. The van der Waals surface area contributed by atoms with E-state index in [0.717, 1.165) is 16.5 Å². The Morgan fingerprint density at radius 1 is 1.18 bits per heavy atom. The zero-order valence-corrected chi connectivity index (χ0v) is 12.5. The number of carbonyl (C=O) groups excluding carboxylic acids is 1.